The van der Waals surface area contributed by atoms with Gasteiger partial charge in [-0.25, -0.2) is 4.79 Å². The van der Waals surface area contributed by atoms with E-state index in [1.54, 1.807) is 24.8 Å². The summed E-state index contributed by atoms with van der Waals surface area (Å²) in [6, 6.07) is 1.63. The maximum Gasteiger partial charge on any atom is 0.342 e. The normalized spacial score (nSPS) is 22.2. The number of esters is 1. The van der Waals surface area contributed by atoms with E-state index >= 15 is 0 Å². The maximum absolute atomic E-state index is 12.1. The third kappa shape index (κ3) is 3.86. The molecule has 0 N–H and O–H groups in total. The van der Waals surface area contributed by atoms with Crippen LogP contribution in [0.1, 0.15) is 42.1 Å². The van der Waals surface area contributed by atoms with Crippen LogP contribution in [0.15, 0.2) is 10.5 Å². The Kier molecular flexibility index (Phi) is 4.70. The van der Waals surface area contributed by atoms with Gasteiger partial charge < -0.3 is 14.1 Å². The number of hydrogen-bond donors (Lipinski definition) is 0. The van der Waals surface area contributed by atoms with Crippen molar-refractivity contribution in [2.45, 2.75) is 34.1 Å². The molecule has 1 fully saturated rings. The van der Waals surface area contributed by atoms with E-state index in [1.165, 1.54) is 0 Å². The number of likely N-dealkylation sites (tertiary alicyclic amines) is 1. The smallest absolute Gasteiger partial charge is 0.342 e. The van der Waals surface area contributed by atoms with Crippen LogP contribution >= 0.6 is 0 Å². The van der Waals surface area contributed by atoms with Crippen LogP contribution in [-0.4, -0.2) is 36.5 Å². The van der Waals surface area contributed by atoms with E-state index in [4.69, 9.17) is 9.15 Å². The Labute approximate surface area is 125 Å². The summed E-state index contributed by atoms with van der Waals surface area (Å²) in [6.07, 6.45) is 1.14. The van der Waals surface area contributed by atoms with Crippen LogP contribution in [0.25, 0.3) is 0 Å². The second-order valence-corrected chi connectivity index (χ2v) is 6.15. The van der Waals surface area contributed by atoms with Crippen LogP contribution in [0, 0.1) is 25.7 Å². The minimum Gasteiger partial charge on any atom is -0.466 e. The van der Waals surface area contributed by atoms with Gasteiger partial charge in [0.25, 0.3) is 5.91 Å². The Morgan fingerprint density at radius 3 is 2.43 bits per heavy atom. The summed E-state index contributed by atoms with van der Waals surface area (Å²) in [6.45, 7) is 9.03. The van der Waals surface area contributed by atoms with Crippen molar-refractivity contribution >= 4 is 11.9 Å². The predicted octanol–water partition coefficient (Wildman–Crippen LogP) is 2.56. The highest BCUT2D eigenvalue weighted by Crippen LogP contribution is 2.21. The maximum atomic E-state index is 12.1. The van der Waals surface area contributed by atoms with Crippen LogP contribution in [0.4, 0.5) is 0 Å². The van der Waals surface area contributed by atoms with Gasteiger partial charge in [0.05, 0.1) is 0 Å². The van der Waals surface area contributed by atoms with Crippen molar-refractivity contribution in [3.05, 3.63) is 23.2 Å². The molecule has 1 amide bonds. The van der Waals surface area contributed by atoms with Gasteiger partial charge in [-0.05, 0) is 38.2 Å². The molecule has 2 atom stereocenters. The molecule has 1 aromatic heterocycles. The topological polar surface area (TPSA) is 59.8 Å². The van der Waals surface area contributed by atoms with E-state index in [9.17, 15) is 9.59 Å². The lowest BCUT2D eigenvalue weighted by Gasteiger charge is -2.34. The van der Waals surface area contributed by atoms with Crippen molar-refractivity contribution < 1.29 is 18.7 Å². The largest absolute Gasteiger partial charge is 0.466 e. The van der Waals surface area contributed by atoms with Crippen LogP contribution in [0.5, 0.6) is 0 Å². The van der Waals surface area contributed by atoms with E-state index < -0.39 is 5.97 Å². The van der Waals surface area contributed by atoms with Gasteiger partial charge in [0.2, 0.25) is 0 Å². The van der Waals surface area contributed by atoms with Gasteiger partial charge in [-0.2, -0.15) is 0 Å². The first-order valence-electron chi connectivity index (χ1n) is 7.38. The summed E-state index contributed by atoms with van der Waals surface area (Å²) in [5.41, 5.74) is 0.390. The fourth-order valence-corrected chi connectivity index (χ4v) is 3.00. The zero-order chi connectivity index (χ0) is 15.6. The molecule has 0 saturated carbocycles. The number of rotatable bonds is 3. The van der Waals surface area contributed by atoms with Crippen molar-refractivity contribution in [1.29, 1.82) is 0 Å². The molecule has 1 aliphatic rings. The summed E-state index contributed by atoms with van der Waals surface area (Å²) in [7, 11) is 0. The number of piperidine rings is 1. The van der Waals surface area contributed by atoms with Crippen LogP contribution in [-0.2, 0) is 9.53 Å². The molecule has 0 spiro atoms. The molecule has 0 aromatic carbocycles. The highest BCUT2D eigenvalue weighted by molar-refractivity contribution is 5.92. The molecular weight excluding hydrogens is 270 g/mol. The lowest BCUT2D eigenvalue weighted by atomic mass is 9.92. The van der Waals surface area contributed by atoms with Crippen molar-refractivity contribution in [3.8, 4) is 0 Å². The fraction of sp³-hybridized carbons (Fsp3) is 0.625. The Hall–Kier alpha value is -1.78. The third-order valence-electron chi connectivity index (χ3n) is 3.81. The lowest BCUT2D eigenvalue weighted by Crippen LogP contribution is -2.44. The Balaban J connectivity index is 1.89. The van der Waals surface area contributed by atoms with Crippen LogP contribution in [0.2, 0.25) is 0 Å². The predicted molar refractivity (Wildman–Crippen MR) is 78.0 cm³/mol. The van der Waals surface area contributed by atoms with Crippen molar-refractivity contribution in [2.24, 2.45) is 11.8 Å². The molecule has 0 radical (unpaired) electrons. The molecule has 5 heteroatoms. The van der Waals surface area contributed by atoms with Crippen LogP contribution < -0.4 is 0 Å². The van der Waals surface area contributed by atoms with Crippen molar-refractivity contribution in [3.63, 3.8) is 0 Å². The summed E-state index contributed by atoms with van der Waals surface area (Å²) >= 11 is 0. The molecule has 0 unspecified atom stereocenters. The fourth-order valence-electron chi connectivity index (χ4n) is 3.00. The Bertz CT molecular complexity index is 524. The summed E-state index contributed by atoms with van der Waals surface area (Å²) < 4.78 is 10.4. The van der Waals surface area contributed by atoms with Crippen LogP contribution in [0.3, 0.4) is 0 Å². The minimum atomic E-state index is -0.504. The van der Waals surface area contributed by atoms with Gasteiger partial charge in [-0.15, -0.1) is 0 Å². The Morgan fingerprint density at radius 1 is 1.29 bits per heavy atom. The number of furan rings is 1. The first-order chi connectivity index (χ1) is 9.86. The number of nitrogens with zero attached hydrogens (tertiary/aromatic N) is 1. The molecule has 1 aliphatic heterocycles. The van der Waals surface area contributed by atoms with Gasteiger partial charge in [0.15, 0.2) is 6.61 Å². The number of aryl methyl sites for hydroxylation is 2. The number of carbonyl (C=O) groups excluding carboxylic acids is 2. The highest BCUT2D eigenvalue weighted by atomic mass is 16.5. The first kappa shape index (κ1) is 15.6. The number of amides is 1. The van der Waals surface area contributed by atoms with Gasteiger partial charge in [-0.1, -0.05) is 13.8 Å². The molecule has 21 heavy (non-hydrogen) atoms. The molecule has 2 rings (SSSR count). The molecule has 1 aromatic rings. The van der Waals surface area contributed by atoms with Gasteiger partial charge in [0.1, 0.15) is 17.1 Å². The average Bonchev–Trinajstić information content (AvgIpc) is 2.73. The van der Waals surface area contributed by atoms with E-state index in [0.717, 1.165) is 19.5 Å². The van der Waals surface area contributed by atoms with Gasteiger partial charge >= 0.3 is 5.97 Å². The summed E-state index contributed by atoms with van der Waals surface area (Å²) in [4.78, 5) is 25.9. The first-order valence-corrected chi connectivity index (χ1v) is 7.38. The molecular formula is C16H23NO4. The monoisotopic (exact) mass is 293 g/mol. The molecule has 2 heterocycles. The summed E-state index contributed by atoms with van der Waals surface area (Å²) in [5, 5.41) is 0. The molecule has 0 aliphatic carbocycles. The number of carbonyl (C=O) groups is 2. The second-order valence-electron chi connectivity index (χ2n) is 6.15. The molecule has 5 nitrogen and oxygen atoms in total. The highest BCUT2D eigenvalue weighted by Gasteiger charge is 2.26. The number of ether oxygens (including phenoxy) is 1. The third-order valence-corrected chi connectivity index (χ3v) is 3.81. The SMILES string of the molecule is Cc1cc(C(=O)OCC(=O)N2C[C@H](C)C[C@H](C)C2)c(C)o1. The molecule has 0 bridgehead atoms. The van der Waals surface area contributed by atoms with E-state index in [-0.39, 0.29) is 12.5 Å². The molecule has 1 saturated heterocycles. The lowest BCUT2D eigenvalue weighted by molar-refractivity contribution is -0.137. The van der Waals surface area contributed by atoms with Crippen molar-refractivity contribution in [1.82, 2.24) is 4.90 Å². The van der Waals surface area contributed by atoms with Crippen molar-refractivity contribution in [2.75, 3.05) is 19.7 Å². The van der Waals surface area contributed by atoms with E-state index in [1.807, 2.05) is 0 Å². The van der Waals surface area contributed by atoms with Gasteiger partial charge in [0, 0.05) is 13.1 Å². The van der Waals surface area contributed by atoms with Gasteiger partial charge in [-0.3, -0.25) is 4.79 Å². The minimum absolute atomic E-state index is 0.125. The molecule has 116 valence electrons. The number of hydrogen-bond acceptors (Lipinski definition) is 4. The second kappa shape index (κ2) is 6.33. The zero-order valence-corrected chi connectivity index (χ0v) is 13.1. The standard InChI is InChI=1S/C16H23NO4/c1-10-5-11(2)8-17(7-10)15(18)9-20-16(19)14-6-12(3)21-13(14)4/h6,10-11H,5,7-9H2,1-4H3/t10-,11+. The summed E-state index contributed by atoms with van der Waals surface area (Å²) in [5.74, 6) is 1.53. The average molecular weight is 293 g/mol. The Morgan fingerprint density at radius 2 is 1.90 bits per heavy atom. The zero-order valence-electron chi connectivity index (χ0n) is 13.1. The quantitative estimate of drug-likeness (QED) is 0.804. The van der Waals surface area contributed by atoms with E-state index in [2.05, 4.69) is 13.8 Å². The van der Waals surface area contributed by atoms with E-state index in [0.29, 0.717) is 28.9 Å².